The lowest BCUT2D eigenvalue weighted by Crippen LogP contribution is -2.62. The van der Waals surface area contributed by atoms with Crippen molar-refractivity contribution >= 4 is 198 Å². The first-order valence-corrected chi connectivity index (χ1v) is 55.3. The van der Waals surface area contributed by atoms with E-state index in [1.54, 1.807) is 0 Å². The normalized spacial score (nSPS) is 31.3. The fourth-order valence-corrected chi connectivity index (χ4v) is 169. The summed E-state index contributed by atoms with van der Waals surface area (Å²) in [6, 6.07) is 0. The van der Waals surface area contributed by atoms with Crippen LogP contribution in [0.4, 0.5) is 4.79 Å². The number of cyclic esters (lactones) is 1. The Balaban J connectivity index is 2.33. The molecule has 22 unspecified atom stereocenters. The van der Waals surface area contributed by atoms with E-state index in [0.29, 0.717) is 25.7 Å². The van der Waals surface area contributed by atoms with Gasteiger partial charge in [-0.25, -0.2) is 4.79 Å². The third-order valence-corrected chi connectivity index (χ3v) is 127. The van der Waals surface area contributed by atoms with Crippen molar-refractivity contribution < 1.29 is 28.1 Å². The minimum Gasteiger partial charge on any atom is -0.430 e. The number of rotatable bonds is 16. The van der Waals surface area contributed by atoms with Gasteiger partial charge in [0.1, 0.15) is 6.10 Å². The Labute approximate surface area is 341 Å². The third kappa shape index (κ3) is 12.9. The van der Waals surface area contributed by atoms with Crippen molar-refractivity contribution in [1.82, 2.24) is 0 Å². The highest BCUT2D eigenvalue weighted by Crippen LogP contribution is 3.18. The van der Waals surface area contributed by atoms with Gasteiger partial charge in [-0.3, -0.25) is 4.79 Å². The van der Waals surface area contributed by atoms with E-state index >= 15 is 4.79 Å². The smallest absolute Gasteiger partial charge is 0.430 e. The number of ketones is 1. The molecule has 23 atom stereocenters. The second kappa shape index (κ2) is 23.8. The van der Waals surface area contributed by atoms with Crippen LogP contribution in [0, 0.1) is 16.7 Å². The lowest BCUT2D eigenvalue weighted by molar-refractivity contribution is -0.182. The molecule has 3 rings (SSSR count). The molecule has 50 heavy (non-hydrogen) atoms. The largest absolute Gasteiger partial charge is 0.509 e. The first kappa shape index (κ1) is 52.6. The monoisotopic (exact) mass is 1110 g/mol. The zero-order valence-corrected chi connectivity index (χ0v) is 52.2. The molecule has 2 aliphatic carbocycles. The van der Waals surface area contributed by atoms with Crippen molar-refractivity contribution in [3.05, 3.63) is 23.8 Å². The lowest BCUT2D eigenvalue weighted by Gasteiger charge is -2.55. The second-order valence-electron chi connectivity index (χ2n) is 12.5. The molecule has 1 saturated carbocycles. The molecule has 3 aliphatic rings. The number of carbonyl (C=O) groups excluding carboxylic acids is 2. The van der Waals surface area contributed by atoms with Gasteiger partial charge in [0.05, 0.1) is 32.7 Å². The number of hydrogen-bond donors (Lipinski definition) is 0. The molecule has 0 radical (unpaired) electrons. The highest BCUT2D eigenvalue weighted by molar-refractivity contribution is 9.19. The Hall–Kier alpha value is 8.23. The fraction of sp³-hybridized carbons (Fsp3) is 0.714. The number of carbonyl (C=O) groups is 2. The highest BCUT2D eigenvalue weighted by atomic mass is 33.2. The van der Waals surface area contributed by atoms with Crippen molar-refractivity contribution in [3.63, 3.8) is 0 Å². The van der Waals surface area contributed by atoms with Gasteiger partial charge in [-0.15, -0.1) is 105 Å². The van der Waals surface area contributed by atoms with E-state index in [1.165, 1.54) is 11.1 Å². The molecule has 6 nitrogen and oxygen atoms in total. The number of fused-ring (bicyclic) bond motifs is 3. The molecule has 0 aromatic carbocycles. The summed E-state index contributed by atoms with van der Waals surface area (Å²) in [5, 5.41) is 0. The van der Waals surface area contributed by atoms with Gasteiger partial charge in [0.25, 0.3) is 0 Å². The molecule has 0 N–H and O–H groups in total. The summed E-state index contributed by atoms with van der Waals surface area (Å²) in [6.45, 7) is 9.38. The van der Waals surface area contributed by atoms with Gasteiger partial charge in [-0.1, -0.05) is 43.7 Å². The predicted molar refractivity (Wildman–Crippen MR) is 291 cm³/mol. The van der Waals surface area contributed by atoms with E-state index in [0.717, 1.165) is 7.96 Å². The number of Topliss-reactive ketones (excluding diaryl/α,β-unsaturated/α-hetero) is 1. The Morgan fingerprint density at radius 3 is 1.92 bits per heavy atom. The van der Waals surface area contributed by atoms with Crippen LogP contribution in [0.3, 0.4) is 0 Å². The topological polar surface area (TPSA) is 71.1 Å². The summed E-state index contributed by atoms with van der Waals surface area (Å²) >= 11 is 0. The number of allylic oxidation sites excluding steroid dienone is 1. The summed E-state index contributed by atoms with van der Waals surface area (Å²) < 4.78 is 27.1. The van der Waals surface area contributed by atoms with Crippen molar-refractivity contribution in [3.8, 4) is 0 Å². The molecule has 0 aromatic heterocycles. The summed E-state index contributed by atoms with van der Waals surface area (Å²) in [4.78, 5) is 28.1. The van der Waals surface area contributed by atoms with Gasteiger partial charge < -0.3 is 18.5 Å². The van der Waals surface area contributed by atoms with Gasteiger partial charge in [-0.05, 0) is 84.1 Å². The second-order valence-corrected chi connectivity index (χ2v) is 95.8. The van der Waals surface area contributed by atoms with E-state index in [-0.39, 0.29) is 45.9 Å². The standard InChI is InChI=1S/C21H53O6P23/c1-6-7-8-15-21(5)10-14(27-41(43(29)30)49(40-28)45(33)34)16-11(2)13(26-42(48(39)44(31)32)50(46(35)36)47(37)38)9-12(20(16,3)4)17(22)18(21)25-19(23)24-15/h6,12-15,18,40H,1,7-10,28-39H2,2-5H3/t12?,13?,14?,15?,18?,21-,41?,42?,48?,49?/m1/s1. The van der Waals surface area contributed by atoms with Gasteiger partial charge in [0, 0.05) is 26.9 Å². The molecule has 288 valence electrons. The van der Waals surface area contributed by atoms with Crippen LogP contribution >= 0.6 is 186 Å². The van der Waals surface area contributed by atoms with Crippen LogP contribution in [-0.2, 0) is 23.3 Å². The average molecular weight is 1110 g/mol. The summed E-state index contributed by atoms with van der Waals surface area (Å²) in [7, 11) is 36.2. The minimum absolute atomic E-state index is 0.0127. The van der Waals surface area contributed by atoms with Crippen molar-refractivity contribution in [1.29, 1.82) is 0 Å². The fourth-order valence-electron chi connectivity index (χ4n) is 6.74. The van der Waals surface area contributed by atoms with E-state index in [4.69, 9.17) is 18.5 Å². The van der Waals surface area contributed by atoms with E-state index in [2.05, 4.69) is 141 Å². The average Bonchev–Trinajstić information content (AvgIpc) is 2.99. The van der Waals surface area contributed by atoms with Crippen LogP contribution in [0.25, 0.3) is 0 Å². The van der Waals surface area contributed by atoms with Crippen molar-refractivity contribution in [2.24, 2.45) is 16.7 Å². The van der Waals surface area contributed by atoms with E-state index < -0.39 is 78.1 Å². The van der Waals surface area contributed by atoms with Crippen LogP contribution in [0.5, 0.6) is 0 Å². The molecule has 29 heteroatoms. The lowest BCUT2D eigenvalue weighted by atomic mass is 9.55. The maximum atomic E-state index is 15.1. The molecule has 0 amide bonds. The zero-order valence-electron chi connectivity index (χ0n) is 28.3. The third-order valence-electron chi connectivity index (χ3n) is 9.01. The number of hydrogen-bond acceptors (Lipinski definition) is 6. The number of ether oxygens (including phenoxy) is 2. The van der Waals surface area contributed by atoms with Crippen LogP contribution < -0.4 is 0 Å². The quantitative estimate of drug-likeness (QED) is 0.0871. The summed E-state index contributed by atoms with van der Waals surface area (Å²) in [6.07, 6.45) is 1.50. The maximum absolute atomic E-state index is 15.1. The molecular formula is C21H53O6P23. The van der Waals surface area contributed by atoms with Crippen LogP contribution in [0.1, 0.15) is 53.4 Å². The highest BCUT2D eigenvalue weighted by Gasteiger charge is 2.62. The first-order chi connectivity index (χ1) is 23.1. The molecular weight excluding hydrogens is 1060 g/mol. The van der Waals surface area contributed by atoms with Crippen LogP contribution in [-0.4, -0.2) is 36.4 Å². The maximum Gasteiger partial charge on any atom is 0.509 e. The first-order valence-electron chi connectivity index (χ1n) is 14.9. The molecule has 1 aliphatic heterocycles. The molecule has 2 fully saturated rings. The predicted octanol–water partition coefficient (Wildman–Crippen LogP) is 17.0. The Bertz CT molecular complexity index is 1230. The Morgan fingerprint density at radius 1 is 0.860 bits per heavy atom. The SMILES string of the molecule is C=CCCC1OC(=O)OC2C(=O)C3CC(OP(P(P)P(P)P)P(P(P)P)P(P)P)C(C)=C(C(OP(P(P)P)P(PP)P(P)P)C[C@]12C)C3(C)C. The zero-order chi connectivity index (χ0) is 38.0. The van der Waals surface area contributed by atoms with Gasteiger partial charge >= 0.3 is 6.16 Å². The van der Waals surface area contributed by atoms with E-state index in [9.17, 15) is 4.79 Å². The van der Waals surface area contributed by atoms with Gasteiger partial charge in [0.2, 0.25) is 0 Å². The molecule has 0 spiro atoms. The molecule has 1 saturated heterocycles. The van der Waals surface area contributed by atoms with Crippen LogP contribution in [0.15, 0.2) is 23.8 Å². The Morgan fingerprint density at radius 2 is 1.44 bits per heavy atom. The van der Waals surface area contributed by atoms with Crippen molar-refractivity contribution in [2.75, 3.05) is 0 Å². The van der Waals surface area contributed by atoms with Crippen molar-refractivity contribution in [2.45, 2.75) is 77.8 Å². The van der Waals surface area contributed by atoms with Gasteiger partial charge in [-0.2, -0.15) is 0 Å². The molecule has 1 heterocycles. The Kier molecular flexibility index (Phi) is 25.0. The molecule has 0 aromatic rings. The summed E-state index contributed by atoms with van der Waals surface area (Å²) in [5.41, 5.74) is 1.12. The summed E-state index contributed by atoms with van der Waals surface area (Å²) in [5.74, 6) is -0.422. The van der Waals surface area contributed by atoms with Gasteiger partial charge in [0.15, 0.2) is 11.9 Å². The van der Waals surface area contributed by atoms with Crippen LogP contribution in [0.2, 0.25) is 0 Å². The molecule has 2 bridgehead atoms. The van der Waals surface area contributed by atoms with E-state index in [1.807, 2.05) is 6.08 Å². The minimum atomic E-state index is -0.928.